The molecule has 5 rings (SSSR count). The van der Waals surface area contributed by atoms with Crippen molar-refractivity contribution in [2.45, 2.75) is 58.9 Å². The van der Waals surface area contributed by atoms with Crippen LogP contribution in [0, 0.1) is 0 Å². The predicted molar refractivity (Wildman–Crippen MR) is 146 cm³/mol. The van der Waals surface area contributed by atoms with E-state index in [2.05, 4.69) is 71.9 Å². The summed E-state index contributed by atoms with van der Waals surface area (Å²) in [6, 6.07) is 4.47. The summed E-state index contributed by atoms with van der Waals surface area (Å²) in [5, 5.41) is 12.9. The third kappa shape index (κ3) is 5.30. The number of hydrogen-bond donors (Lipinski definition) is 2. The van der Waals surface area contributed by atoms with Gasteiger partial charge in [-0.25, -0.2) is 4.98 Å². The number of nitrogens with zero attached hydrogens (tertiary/aromatic N) is 7. The molecule has 0 bridgehead atoms. The highest BCUT2D eigenvalue weighted by molar-refractivity contribution is 5.85. The number of fused-ring (bicyclic) bond motifs is 1. The molecule has 5 heterocycles. The predicted octanol–water partition coefficient (Wildman–Crippen LogP) is 4.27. The Morgan fingerprint density at radius 3 is 2.17 bits per heavy atom. The molecule has 9 nitrogen and oxygen atoms in total. The van der Waals surface area contributed by atoms with Crippen LogP contribution in [0.5, 0.6) is 0 Å². The van der Waals surface area contributed by atoms with Gasteiger partial charge in [0.15, 0.2) is 0 Å². The first-order chi connectivity index (χ1) is 16.3. The molecular weight excluding hydrogens is 462 g/mol. The molecule has 190 valence electrons. The van der Waals surface area contributed by atoms with Gasteiger partial charge in [-0.3, -0.25) is 4.68 Å². The van der Waals surface area contributed by atoms with Crippen molar-refractivity contribution in [3.8, 4) is 0 Å². The first-order valence-electron chi connectivity index (χ1n) is 12.5. The minimum atomic E-state index is -0.0552. The first kappa shape index (κ1) is 25.4. The van der Waals surface area contributed by atoms with E-state index in [9.17, 15) is 0 Å². The van der Waals surface area contributed by atoms with Gasteiger partial charge >= 0.3 is 0 Å². The minimum Gasteiger partial charge on any atom is -0.356 e. The van der Waals surface area contributed by atoms with Crippen molar-refractivity contribution in [1.29, 1.82) is 0 Å². The largest absolute Gasteiger partial charge is 0.356 e. The first-order valence-corrected chi connectivity index (χ1v) is 12.5. The normalized spacial score (nSPS) is 16.7. The number of piperazine rings is 1. The SMILES string of the molecule is CC(C)n1nc(C(C)(C)C)c2cnc(Nc3nc(N4CCCC4)cc(N4CCNCC4)n3)cc21.Cl. The molecule has 0 atom stereocenters. The highest BCUT2D eigenvalue weighted by atomic mass is 35.5. The molecule has 3 aromatic heterocycles. The van der Waals surface area contributed by atoms with Gasteiger partial charge in [0.1, 0.15) is 17.5 Å². The Balaban J connectivity index is 0.00000289. The summed E-state index contributed by atoms with van der Waals surface area (Å²) < 4.78 is 2.09. The Kier molecular flexibility index (Phi) is 7.38. The summed E-state index contributed by atoms with van der Waals surface area (Å²) in [6.07, 6.45) is 4.36. The standard InChI is InChI=1S/C25H37N9.ClH/c1-17(2)34-19-14-20(27-16-18(19)23(31-34)25(3,4)5)28-24-29-21(32-10-6-7-11-32)15-22(30-24)33-12-8-26-9-13-33;/h14-17,26H,6-13H2,1-5H3,(H,27,28,29,30);1H. The number of pyridine rings is 1. The fourth-order valence-electron chi connectivity index (χ4n) is 4.80. The van der Waals surface area contributed by atoms with Gasteiger partial charge in [-0.05, 0) is 26.7 Å². The molecule has 2 fully saturated rings. The third-order valence-corrected chi connectivity index (χ3v) is 6.60. The molecule has 3 aromatic rings. The summed E-state index contributed by atoms with van der Waals surface area (Å²) in [4.78, 5) is 19.2. The minimum absolute atomic E-state index is 0. The van der Waals surface area contributed by atoms with E-state index in [-0.39, 0.29) is 23.9 Å². The summed E-state index contributed by atoms with van der Waals surface area (Å²) >= 11 is 0. The van der Waals surface area contributed by atoms with Gasteiger partial charge in [-0.15, -0.1) is 12.4 Å². The zero-order chi connectivity index (χ0) is 23.9. The van der Waals surface area contributed by atoms with Crippen LogP contribution in [0.25, 0.3) is 10.9 Å². The van der Waals surface area contributed by atoms with E-state index in [1.807, 2.05) is 6.20 Å². The maximum absolute atomic E-state index is 4.95. The van der Waals surface area contributed by atoms with Crippen LogP contribution >= 0.6 is 12.4 Å². The van der Waals surface area contributed by atoms with E-state index in [4.69, 9.17) is 20.1 Å². The van der Waals surface area contributed by atoms with E-state index in [0.29, 0.717) is 5.95 Å². The van der Waals surface area contributed by atoms with Gasteiger partial charge in [0.2, 0.25) is 5.95 Å². The molecule has 0 aromatic carbocycles. The Labute approximate surface area is 214 Å². The van der Waals surface area contributed by atoms with E-state index < -0.39 is 0 Å². The van der Waals surface area contributed by atoms with E-state index in [1.54, 1.807) is 0 Å². The van der Waals surface area contributed by atoms with Crippen LogP contribution in [-0.2, 0) is 5.41 Å². The highest BCUT2D eigenvalue weighted by Crippen LogP contribution is 2.32. The average molecular weight is 500 g/mol. The molecule has 2 aliphatic rings. The van der Waals surface area contributed by atoms with Crippen molar-refractivity contribution < 1.29 is 0 Å². The molecule has 0 saturated carbocycles. The summed E-state index contributed by atoms with van der Waals surface area (Å²) in [6.45, 7) is 16.8. The lowest BCUT2D eigenvalue weighted by Gasteiger charge is -2.29. The van der Waals surface area contributed by atoms with Crippen molar-refractivity contribution in [3.05, 3.63) is 24.0 Å². The van der Waals surface area contributed by atoms with E-state index in [0.717, 1.165) is 73.3 Å². The molecule has 2 N–H and O–H groups in total. The fraction of sp³-hybridized carbons (Fsp3) is 0.600. The molecule has 0 unspecified atom stereocenters. The van der Waals surface area contributed by atoms with Crippen molar-refractivity contribution in [1.82, 2.24) is 30.0 Å². The Morgan fingerprint density at radius 2 is 1.57 bits per heavy atom. The van der Waals surface area contributed by atoms with Crippen LogP contribution < -0.4 is 20.4 Å². The monoisotopic (exact) mass is 499 g/mol. The van der Waals surface area contributed by atoms with Crippen LogP contribution in [0.15, 0.2) is 18.3 Å². The van der Waals surface area contributed by atoms with Gasteiger partial charge in [0.05, 0.1) is 11.2 Å². The topological polar surface area (TPSA) is 87.0 Å². The Bertz CT molecular complexity index is 1160. The lowest BCUT2D eigenvalue weighted by Crippen LogP contribution is -2.44. The second-order valence-electron chi connectivity index (χ2n) is 10.7. The van der Waals surface area contributed by atoms with Gasteiger partial charge < -0.3 is 20.4 Å². The number of nitrogens with one attached hydrogen (secondary N) is 2. The maximum Gasteiger partial charge on any atom is 0.232 e. The maximum atomic E-state index is 4.95. The van der Waals surface area contributed by atoms with Crippen LogP contribution in [0.2, 0.25) is 0 Å². The van der Waals surface area contributed by atoms with Crippen LogP contribution in [0.4, 0.5) is 23.4 Å². The van der Waals surface area contributed by atoms with Gasteiger partial charge in [-0.2, -0.15) is 15.1 Å². The number of rotatable bonds is 5. The molecule has 2 aliphatic heterocycles. The third-order valence-electron chi connectivity index (χ3n) is 6.60. The second kappa shape index (κ2) is 10.1. The second-order valence-corrected chi connectivity index (χ2v) is 10.7. The molecule has 0 amide bonds. The lowest BCUT2D eigenvalue weighted by atomic mass is 9.90. The highest BCUT2D eigenvalue weighted by Gasteiger charge is 2.24. The summed E-state index contributed by atoms with van der Waals surface area (Å²) in [7, 11) is 0. The van der Waals surface area contributed by atoms with Crippen molar-refractivity contribution >= 4 is 46.7 Å². The molecule has 35 heavy (non-hydrogen) atoms. The van der Waals surface area contributed by atoms with E-state index >= 15 is 0 Å². The van der Waals surface area contributed by atoms with Crippen molar-refractivity contribution in [3.63, 3.8) is 0 Å². The summed E-state index contributed by atoms with van der Waals surface area (Å²) in [5.41, 5.74) is 2.10. The molecular formula is C25H38ClN9. The smallest absolute Gasteiger partial charge is 0.232 e. The average Bonchev–Trinajstić information content (AvgIpc) is 3.47. The Hall–Kier alpha value is -2.65. The number of halogens is 1. The van der Waals surface area contributed by atoms with E-state index in [1.165, 1.54) is 12.8 Å². The number of hydrogen-bond acceptors (Lipinski definition) is 8. The van der Waals surface area contributed by atoms with Crippen molar-refractivity contribution in [2.75, 3.05) is 54.4 Å². The Morgan fingerprint density at radius 1 is 0.943 bits per heavy atom. The van der Waals surface area contributed by atoms with Crippen LogP contribution in [0.3, 0.4) is 0 Å². The molecule has 0 spiro atoms. The fourth-order valence-corrected chi connectivity index (χ4v) is 4.80. The lowest BCUT2D eigenvalue weighted by molar-refractivity contribution is 0.505. The van der Waals surface area contributed by atoms with Crippen LogP contribution in [0.1, 0.15) is 59.2 Å². The van der Waals surface area contributed by atoms with Crippen molar-refractivity contribution in [2.24, 2.45) is 0 Å². The molecule has 2 saturated heterocycles. The van der Waals surface area contributed by atoms with Gasteiger partial charge in [0.25, 0.3) is 0 Å². The quantitative estimate of drug-likeness (QED) is 0.538. The number of aromatic nitrogens is 5. The van der Waals surface area contributed by atoms with Gasteiger partial charge in [0, 0.05) is 74.4 Å². The molecule has 0 radical (unpaired) electrons. The number of anilines is 4. The zero-order valence-corrected chi connectivity index (χ0v) is 22.3. The molecule has 10 heteroatoms. The van der Waals surface area contributed by atoms with Gasteiger partial charge in [-0.1, -0.05) is 20.8 Å². The summed E-state index contributed by atoms with van der Waals surface area (Å²) in [5.74, 6) is 3.30. The van der Waals surface area contributed by atoms with Crippen LogP contribution in [-0.4, -0.2) is 64.0 Å². The molecule has 0 aliphatic carbocycles. The zero-order valence-electron chi connectivity index (χ0n) is 21.5.